The molecule has 1 unspecified atom stereocenters. The van der Waals surface area contributed by atoms with Crippen molar-refractivity contribution in [2.75, 3.05) is 6.54 Å². The van der Waals surface area contributed by atoms with Gasteiger partial charge in [0.15, 0.2) is 0 Å². The fourth-order valence-corrected chi connectivity index (χ4v) is 3.51. The van der Waals surface area contributed by atoms with Crippen LogP contribution < -0.4 is 0 Å². The number of nitrogens with zero attached hydrogens (tertiary/aromatic N) is 2. The molecule has 0 spiro atoms. The minimum Gasteiger partial charge on any atom is -0.300 e. The number of likely N-dealkylation sites (tertiary alicyclic amines) is 1. The highest BCUT2D eigenvalue weighted by atomic mass is 32.1. The van der Waals surface area contributed by atoms with Gasteiger partial charge in [0, 0.05) is 30.1 Å². The van der Waals surface area contributed by atoms with Gasteiger partial charge in [-0.1, -0.05) is 12.8 Å². The topological polar surface area (TPSA) is 33.2 Å². The summed E-state index contributed by atoms with van der Waals surface area (Å²) in [4.78, 5) is 19.5. The van der Waals surface area contributed by atoms with Crippen LogP contribution in [0.4, 0.5) is 0 Å². The lowest BCUT2D eigenvalue weighted by Crippen LogP contribution is -2.35. The minimum atomic E-state index is 0.312. The Bertz CT molecular complexity index is 402. The number of Topliss-reactive ketones (excluding diaryl/α,β-unsaturated/α-hetero) is 1. The molecule has 0 amide bonds. The number of hydrogen-bond donors (Lipinski definition) is 0. The van der Waals surface area contributed by atoms with Gasteiger partial charge in [0.25, 0.3) is 0 Å². The number of thiazole rings is 1. The molecule has 0 saturated carbocycles. The molecule has 1 aromatic heterocycles. The second-order valence-electron chi connectivity index (χ2n) is 5.23. The normalized spacial score (nSPS) is 21.8. The molecule has 0 bridgehead atoms. The summed E-state index contributed by atoms with van der Waals surface area (Å²) in [5.41, 5.74) is 0. The summed E-state index contributed by atoms with van der Waals surface area (Å²) in [7, 11) is 0. The van der Waals surface area contributed by atoms with E-state index in [-0.39, 0.29) is 0 Å². The van der Waals surface area contributed by atoms with E-state index in [2.05, 4.69) is 9.88 Å². The first-order valence-corrected chi connectivity index (χ1v) is 7.61. The number of aryl methyl sites for hydroxylation is 1. The summed E-state index contributed by atoms with van der Waals surface area (Å²) in [5, 5.41) is 1.13. The van der Waals surface area contributed by atoms with Gasteiger partial charge in [0.05, 0.1) is 5.01 Å². The SMILES string of the molecule is CC(=O)CC1CCCCCN1Cc1cnc(C)s1. The van der Waals surface area contributed by atoms with Crippen molar-refractivity contribution >= 4 is 17.1 Å². The number of aromatic nitrogens is 1. The second kappa shape index (κ2) is 6.43. The van der Waals surface area contributed by atoms with Crippen molar-refractivity contribution in [2.24, 2.45) is 0 Å². The molecule has 1 aliphatic rings. The highest BCUT2D eigenvalue weighted by Crippen LogP contribution is 2.23. The molecule has 0 aromatic carbocycles. The van der Waals surface area contributed by atoms with E-state index in [1.165, 1.54) is 24.1 Å². The minimum absolute atomic E-state index is 0.312. The first kappa shape index (κ1) is 13.7. The first-order valence-electron chi connectivity index (χ1n) is 6.80. The highest BCUT2D eigenvalue weighted by Gasteiger charge is 2.22. The molecule has 1 aliphatic heterocycles. The average molecular weight is 266 g/mol. The van der Waals surface area contributed by atoms with Crippen molar-refractivity contribution in [1.82, 2.24) is 9.88 Å². The van der Waals surface area contributed by atoms with Gasteiger partial charge in [-0.25, -0.2) is 4.98 Å². The Hall–Kier alpha value is -0.740. The summed E-state index contributed by atoms with van der Waals surface area (Å²) >= 11 is 1.77. The first-order chi connectivity index (χ1) is 8.65. The molecule has 3 nitrogen and oxygen atoms in total. The number of carbonyl (C=O) groups excluding carboxylic acids is 1. The molecule has 2 heterocycles. The van der Waals surface area contributed by atoms with Crippen LogP contribution in [0.25, 0.3) is 0 Å². The van der Waals surface area contributed by atoms with Crippen LogP contribution in [0.2, 0.25) is 0 Å². The van der Waals surface area contributed by atoms with E-state index >= 15 is 0 Å². The standard InChI is InChI=1S/C14H22N2OS/c1-11(17)8-13-6-4-3-5-7-16(13)10-14-9-15-12(2)18-14/h9,13H,3-8,10H2,1-2H3. The Labute approximate surface area is 113 Å². The summed E-state index contributed by atoms with van der Waals surface area (Å²) in [6.07, 6.45) is 7.67. The monoisotopic (exact) mass is 266 g/mol. The molecule has 1 aromatic rings. The van der Waals surface area contributed by atoms with Crippen LogP contribution in [0.3, 0.4) is 0 Å². The third-order valence-electron chi connectivity index (χ3n) is 3.55. The van der Waals surface area contributed by atoms with Crippen LogP contribution >= 0.6 is 11.3 Å². The van der Waals surface area contributed by atoms with Gasteiger partial charge in [-0.05, 0) is 33.2 Å². The maximum Gasteiger partial charge on any atom is 0.131 e. The predicted molar refractivity (Wildman–Crippen MR) is 74.8 cm³/mol. The number of hydrogen-bond acceptors (Lipinski definition) is 4. The smallest absolute Gasteiger partial charge is 0.131 e. The van der Waals surface area contributed by atoms with Gasteiger partial charge in [0.1, 0.15) is 5.78 Å². The molecule has 1 atom stereocenters. The largest absolute Gasteiger partial charge is 0.300 e. The van der Waals surface area contributed by atoms with Gasteiger partial charge < -0.3 is 0 Å². The Balaban J connectivity index is 2.02. The molecule has 0 aliphatic carbocycles. The molecule has 2 rings (SSSR count). The molecule has 100 valence electrons. The van der Waals surface area contributed by atoms with Gasteiger partial charge >= 0.3 is 0 Å². The number of ketones is 1. The molecule has 1 saturated heterocycles. The zero-order valence-corrected chi connectivity index (χ0v) is 12.1. The van der Waals surface area contributed by atoms with Crippen molar-refractivity contribution < 1.29 is 4.79 Å². The van der Waals surface area contributed by atoms with Crippen LogP contribution in [0, 0.1) is 6.92 Å². The van der Waals surface area contributed by atoms with Crippen molar-refractivity contribution in [3.05, 3.63) is 16.1 Å². The lowest BCUT2D eigenvalue weighted by atomic mass is 10.0. The summed E-state index contributed by atoms with van der Waals surface area (Å²) in [6.45, 7) is 5.84. The van der Waals surface area contributed by atoms with E-state index < -0.39 is 0 Å². The molecule has 1 fully saturated rings. The van der Waals surface area contributed by atoms with E-state index in [1.807, 2.05) is 13.1 Å². The van der Waals surface area contributed by atoms with Crippen LogP contribution in [-0.4, -0.2) is 28.3 Å². The lowest BCUT2D eigenvalue weighted by molar-refractivity contribution is -0.118. The zero-order chi connectivity index (χ0) is 13.0. The fourth-order valence-electron chi connectivity index (χ4n) is 2.69. The van der Waals surface area contributed by atoms with E-state index in [9.17, 15) is 4.79 Å². The van der Waals surface area contributed by atoms with Gasteiger partial charge in [0.2, 0.25) is 0 Å². The third kappa shape index (κ3) is 3.89. The van der Waals surface area contributed by atoms with Crippen LogP contribution in [0.1, 0.15) is 48.9 Å². The maximum atomic E-state index is 11.4. The quantitative estimate of drug-likeness (QED) is 0.839. The molecule has 0 radical (unpaired) electrons. The molecule has 0 N–H and O–H groups in total. The van der Waals surface area contributed by atoms with Crippen molar-refractivity contribution in [3.8, 4) is 0 Å². The molecular formula is C14H22N2OS. The predicted octanol–water partition coefficient (Wildman–Crippen LogP) is 3.18. The lowest BCUT2D eigenvalue weighted by Gasteiger charge is -2.28. The third-order valence-corrected chi connectivity index (χ3v) is 4.45. The van der Waals surface area contributed by atoms with Crippen LogP contribution in [0.15, 0.2) is 6.20 Å². The van der Waals surface area contributed by atoms with Crippen LogP contribution in [0.5, 0.6) is 0 Å². The summed E-state index contributed by atoms with van der Waals surface area (Å²) in [6, 6.07) is 0.437. The van der Waals surface area contributed by atoms with Gasteiger partial charge in [-0.3, -0.25) is 9.69 Å². The summed E-state index contributed by atoms with van der Waals surface area (Å²) in [5.74, 6) is 0.312. The van der Waals surface area contributed by atoms with E-state index in [0.29, 0.717) is 18.2 Å². The van der Waals surface area contributed by atoms with Crippen molar-refractivity contribution in [1.29, 1.82) is 0 Å². The number of carbonyl (C=O) groups is 1. The Morgan fingerprint density at radius 2 is 2.33 bits per heavy atom. The van der Waals surface area contributed by atoms with E-state index in [0.717, 1.165) is 24.5 Å². The fraction of sp³-hybridized carbons (Fsp3) is 0.714. The van der Waals surface area contributed by atoms with Crippen molar-refractivity contribution in [3.63, 3.8) is 0 Å². The average Bonchev–Trinajstić information content (AvgIpc) is 2.58. The highest BCUT2D eigenvalue weighted by molar-refractivity contribution is 7.11. The van der Waals surface area contributed by atoms with E-state index in [1.54, 1.807) is 18.3 Å². The Morgan fingerprint density at radius 3 is 3.00 bits per heavy atom. The molecule has 4 heteroatoms. The molecular weight excluding hydrogens is 244 g/mol. The number of rotatable bonds is 4. The van der Waals surface area contributed by atoms with Gasteiger partial charge in [-0.15, -0.1) is 11.3 Å². The maximum absolute atomic E-state index is 11.4. The van der Waals surface area contributed by atoms with Crippen molar-refractivity contribution in [2.45, 2.75) is 58.5 Å². The van der Waals surface area contributed by atoms with E-state index in [4.69, 9.17) is 0 Å². The Morgan fingerprint density at radius 1 is 1.50 bits per heavy atom. The zero-order valence-electron chi connectivity index (χ0n) is 11.3. The van der Waals surface area contributed by atoms with Gasteiger partial charge in [-0.2, -0.15) is 0 Å². The Kier molecular flexibility index (Phi) is 4.89. The second-order valence-corrected chi connectivity index (χ2v) is 6.54. The molecule has 18 heavy (non-hydrogen) atoms. The van der Waals surface area contributed by atoms with Crippen LogP contribution in [-0.2, 0) is 11.3 Å². The summed E-state index contributed by atoms with van der Waals surface area (Å²) < 4.78 is 0.